The molecule has 1 heterocycles. The van der Waals surface area contributed by atoms with E-state index >= 15 is 0 Å². The lowest BCUT2D eigenvalue weighted by Gasteiger charge is -2.38. The molecule has 2 N–H and O–H groups in total. The number of ether oxygens (including phenoxy) is 1. The Hall–Kier alpha value is -1.26. The number of halogens is 1. The molecule has 2 atom stereocenters. The summed E-state index contributed by atoms with van der Waals surface area (Å²) in [6.45, 7) is 2.76. The van der Waals surface area contributed by atoms with Crippen LogP contribution in [0.15, 0.2) is 18.2 Å². The summed E-state index contributed by atoms with van der Waals surface area (Å²) in [5, 5.41) is 0.567. The van der Waals surface area contributed by atoms with Crippen LogP contribution in [0.25, 0.3) is 0 Å². The summed E-state index contributed by atoms with van der Waals surface area (Å²) in [5.74, 6) is 0.798. The Balaban J connectivity index is 2.09. The van der Waals surface area contributed by atoms with Crippen LogP contribution in [0.3, 0.4) is 0 Å². The molecule has 0 saturated carbocycles. The largest absolute Gasteiger partial charge is 0.497 e. The normalized spacial score (nSPS) is 20.2. The zero-order valence-corrected chi connectivity index (χ0v) is 13.4. The van der Waals surface area contributed by atoms with Crippen LogP contribution in [-0.2, 0) is 11.2 Å². The molecular formula is C16H23ClN2O2. The van der Waals surface area contributed by atoms with E-state index in [1.165, 1.54) is 0 Å². The SMILES string of the molecule is COc1ccc(CC(=O)N2CCCC[C@H]2[C@H](C)N)c(Cl)c1. The number of hydrogen-bond acceptors (Lipinski definition) is 3. The number of nitrogens with zero attached hydrogens (tertiary/aromatic N) is 1. The molecule has 1 fully saturated rings. The number of amides is 1. The van der Waals surface area contributed by atoms with Crippen LogP contribution < -0.4 is 10.5 Å². The molecule has 21 heavy (non-hydrogen) atoms. The molecule has 0 aromatic heterocycles. The van der Waals surface area contributed by atoms with Gasteiger partial charge in [-0.05, 0) is 43.9 Å². The highest BCUT2D eigenvalue weighted by Crippen LogP contribution is 2.25. The molecule has 0 bridgehead atoms. The predicted octanol–water partition coefficient (Wildman–Crippen LogP) is 2.62. The van der Waals surface area contributed by atoms with Crippen molar-refractivity contribution in [3.63, 3.8) is 0 Å². The molecule has 116 valence electrons. The molecule has 0 unspecified atom stereocenters. The highest BCUT2D eigenvalue weighted by Gasteiger charge is 2.29. The molecule has 1 aliphatic heterocycles. The van der Waals surface area contributed by atoms with E-state index in [0.29, 0.717) is 17.2 Å². The first kappa shape index (κ1) is 16.1. The topological polar surface area (TPSA) is 55.6 Å². The van der Waals surface area contributed by atoms with E-state index < -0.39 is 0 Å². The number of piperidine rings is 1. The maximum absolute atomic E-state index is 12.6. The number of rotatable bonds is 4. The highest BCUT2D eigenvalue weighted by molar-refractivity contribution is 6.31. The maximum atomic E-state index is 12.6. The fourth-order valence-corrected chi connectivity index (χ4v) is 3.11. The van der Waals surface area contributed by atoms with Gasteiger partial charge in [0.05, 0.1) is 13.5 Å². The Morgan fingerprint density at radius 3 is 2.90 bits per heavy atom. The second-order valence-electron chi connectivity index (χ2n) is 5.64. The molecule has 0 spiro atoms. The number of likely N-dealkylation sites (tertiary alicyclic amines) is 1. The van der Waals surface area contributed by atoms with E-state index in [1.54, 1.807) is 13.2 Å². The summed E-state index contributed by atoms with van der Waals surface area (Å²) in [5.41, 5.74) is 6.85. The second-order valence-corrected chi connectivity index (χ2v) is 6.05. The van der Waals surface area contributed by atoms with Gasteiger partial charge in [0, 0.05) is 23.7 Å². The predicted molar refractivity (Wildman–Crippen MR) is 84.7 cm³/mol. The molecule has 1 amide bonds. The summed E-state index contributed by atoms with van der Waals surface area (Å²) < 4.78 is 5.12. The van der Waals surface area contributed by atoms with Crippen LogP contribution in [0, 0.1) is 0 Å². The average molecular weight is 311 g/mol. The van der Waals surface area contributed by atoms with Crippen LogP contribution in [0.1, 0.15) is 31.7 Å². The minimum absolute atomic E-state index is 0.000546. The van der Waals surface area contributed by atoms with E-state index in [2.05, 4.69) is 0 Å². The zero-order chi connectivity index (χ0) is 15.4. The molecule has 1 aromatic rings. The number of hydrogen-bond donors (Lipinski definition) is 1. The average Bonchev–Trinajstić information content (AvgIpc) is 2.49. The minimum atomic E-state index is 0.000546. The summed E-state index contributed by atoms with van der Waals surface area (Å²) in [6.07, 6.45) is 3.48. The van der Waals surface area contributed by atoms with Crippen molar-refractivity contribution in [3.8, 4) is 5.75 Å². The Morgan fingerprint density at radius 1 is 1.52 bits per heavy atom. The van der Waals surface area contributed by atoms with Crippen molar-refractivity contribution in [2.75, 3.05) is 13.7 Å². The molecule has 0 aliphatic carbocycles. The Kier molecular flexibility index (Phi) is 5.48. The fraction of sp³-hybridized carbons (Fsp3) is 0.562. The first-order valence-electron chi connectivity index (χ1n) is 7.40. The van der Waals surface area contributed by atoms with E-state index in [1.807, 2.05) is 24.0 Å². The van der Waals surface area contributed by atoms with Crippen molar-refractivity contribution < 1.29 is 9.53 Å². The standard InChI is InChI=1S/C16H23ClN2O2/c1-11(18)15-5-3-4-8-19(15)16(20)9-12-6-7-13(21-2)10-14(12)17/h6-7,10-11,15H,3-5,8-9,18H2,1-2H3/t11-,15-/m0/s1. The van der Waals surface area contributed by atoms with Gasteiger partial charge in [-0.2, -0.15) is 0 Å². The van der Waals surface area contributed by atoms with Gasteiger partial charge < -0.3 is 15.4 Å². The smallest absolute Gasteiger partial charge is 0.227 e. The lowest BCUT2D eigenvalue weighted by Crippen LogP contribution is -2.52. The molecule has 1 saturated heterocycles. The number of methoxy groups -OCH3 is 1. The third kappa shape index (κ3) is 3.89. The van der Waals surface area contributed by atoms with Crippen molar-refractivity contribution in [3.05, 3.63) is 28.8 Å². The van der Waals surface area contributed by atoms with Gasteiger partial charge in [-0.25, -0.2) is 0 Å². The van der Waals surface area contributed by atoms with Gasteiger partial charge in [-0.3, -0.25) is 4.79 Å². The van der Waals surface area contributed by atoms with Crippen LogP contribution in [0.5, 0.6) is 5.75 Å². The van der Waals surface area contributed by atoms with Gasteiger partial charge in [0.25, 0.3) is 0 Å². The van der Waals surface area contributed by atoms with E-state index in [0.717, 1.165) is 31.4 Å². The van der Waals surface area contributed by atoms with Crippen LogP contribution >= 0.6 is 11.6 Å². The van der Waals surface area contributed by atoms with E-state index in [-0.39, 0.29) is 18.0 Å². The lowest BCUT2D eigenvalue weighted by molar-refractivity contribution is -0.134. The van der Waals surface area contributed by atoms with E-state index in [4.69, 9.17) is 22.1 Å². The quantitative estimate of drug-likeness (QED) is 0.930. The lowest BCUT2D eigenvalue weighted by atomic mass is 9.96. The monoisotopic (exact) mass is 310 g/mol. The third-order valence-corrected chi connectivity index (χ3v) is 4.43. The highest BCUT2D eigenvalue weighted by atomic mass is 35.5. The summed E-state index contributed by atoms with van der Waals surface area (Å²) >= 11 is 6.21. The van der Waals surface area contributed by atoms with Crippen molar-refractivity contribution in [1.29, 1.82) is 0 Å². The van der Waals surface area contributed by atoms with Crippen LogP contribution in [0.2, 0.25) is 5.02 Å². The summed E-state index contributed by atoms with van der Waals surface area (Å²) in [4.78, 5) is 14.5. The number of nitrogens with two attached hydrogens (primary N) is 1. The van der Waals surface area contributed by atoms with Crippen molar-refractivity contribution >= 4 is 17.5 Å². The molecule has 4 nitrogen and oxygen atoms in total. The second kappa shape index (κ2) is 7.14. The van der Waals surface area contributed by atoms with Gasteiger partial charge in [0.2, 0.25) is 5.91 Å². The fourth-order valence-electron chi connectivity index (χ4n) is 2.88. The van der Waals surface area contributed by atoms with Crippen LogP contribution in [-0.4, -0.2) is 36.5 Å². The molecule has 1 aromatic carbocycles. The number of benzene rings is 1. The Labute approximate surface area is 131 Å². The first-order chi connectivity index (χ1) is 10.0. The van der Waals surface area contributed by atoms with Gasteiger partial charge in [-0.15, -0.1) is 0 Å². The first-order valence-corrected chi connectivity index (χ1v) is 7.78. The molecule has 5 heteroatoms. The summed E-state index contributed by atoms with van der Waals surface area (Å²) in [6, 6.07) is 5.56. The minimum Gasteiger partial charge on any atom is -0.497 e. The van der Waals surface area contributed by atoms with Gasteiger partial charge in [0.15, 0.2) is 0 Å². The molecule has 1 aliphatic rings. The molecular weight excluding hydrogens is 288 g/mol. The zero-order valence-electron chi connectivity index (χ0n) is 12.6. The molecule has 0 radical (unpaired) electrons. The van der Waals surface area contributed by atoms with Crippen molar-refractivity contribution in [1.82, 2.24) is 4.90 Å². The number of carbonyl (C=O) groups excluding carboxylic acids is 1. The maximum Gasteiger partial charge on any atom is 0.227 e. The third-order valence-electron chi connectivity index (χ3n) is 4.08. The van der Waals surface area contributed by atoms with Crippen molar-refractivity contribution in [2.45, 2.75) is 44.7 Å². The van der Waals surface area contributed by atoms with Gasteiger partial charge >= 0.3 is 0 Å². The van der Waals surface area contributed by atoms with Gasteiger partial charge in [-0.1, -0.05) is 17.7 Å². The van der Waals surface area contributed by atoms with Crippen LogP contribution in [0.4, 0.5) is 0 Å². The van der Waals surface area contributed by atoms with Crippen molar-refractivity contribution in [2.24, 2.45) is 5.73 Å². The Morgan fingerprint density at radius 2 is 2.29 bits per heavy atom. The van der Waals surface area contributed by atoms with Gasteiger partial charge in [0.1, 0.15) is 5.75 Å². The summed E-state index contributed by atoms with van der Waals surface area (Å²) in [7, 11) is 1.59. The Bertz CT molecular complexity index is 505. The number of carbonyl (C=O) groups is 1. The van der Waals surface area contributed by atoms with E-state index in [9.17, 15) is 4.79 Å². The molecule has 2 rings (SSSR count).